The van der Waals surface area contributed by atoms with E-state index in [0.717, 1.165) is 10.5 Å². The smallest absolute Gasteiger partial charge is 0.384 e. The summed E-state index contributed by atoms with van der Waals surface area (Å²) >= 11 is 3.34. The van der Waals surface area contributed by atoms with Crippen LogP contribution in [0, 0.1) is 0 Å². The van der Waals surface area contributed by atoms with E-state index in [1.807, 2.05) is 0 Å². The normalized spacial score (nSPS) is 12.4. The van der Waals surface area contributed by atoms with Gasteiger partial charge in [-0.2, -0.15) is 18.3 Å². The van der Waals surface area contributed by atoms with E-state index >= 15 is 0 Å². The molecule has 0 spiro atoms. The number of nitrogens with zero attached hydrogens (tertiary/aromatic N) is 2. The first-order valence-corrected chi connectivity index (χ1v) is 8.62. The lowest BCUT2D eigenvalue weighted by Gasteiger charge is -2.15. The zero-order valence-electron chi connectivity index (χ0n) is 14.0. The van der Waals surface area contributed by atoms with Crippen LogP contribution in [0.25, 0.3) is 16.9 Å². The number of benzene rings is 2. The molecule has 0 aliphatic heterocycles. The average molecular weight is 425 g/mol. The number of halogens is 4. The molecule has 0 atom stereocenters. The molecule has 0 saturated heterocycles. The van der Waals surface area contributed by atoms with Crippen LogP contribution in [0.15, 0.2) is 59.1 Å². The van der Waals surface area contributed by atoms with Crippen LogP contribution in [0.4, 0.5) is 13.2 Å². The van der Waals surface area contributed by atoms with Gasteiger partial charge < -0.3 is 5.11 Å². The highest BCUT2D eigenvalue weighted by Crippen LogP contribution is 2.36. The van der Waals surface area contributed by atoms with Gasteiger partial charge in [0.25, 0.3) is 0 Å². The van der Waals surface area contributed by atoms with Crippen molar-refractivity contribution in [2.24, 2.45) is 0 Å². The van der Waals surface area contributed by atoms with Gasteiger partial charge in [0.2, 0.25) is 0 Å². The second-order valence-electron chi connectivity index (χ2n) is 6.41. The van der Waals surface area contributed by atoms with E-state index in [-0.39, 0.29) is 11.4 Å². The second kappa shape index (κ2) is 6.55. The van der Waals surface area contributed by atoms with E-state index in [1.54, 1.807) is 44.2 Å². The molecule has 2 aromatic carbocycles. The van der Waals surface area contributed by atoms with Gasteiger partial charge in [-0.05, 0) is 44.2 Å². The van der Waals surface area contributed by atoms with Crippen molar-refractivity contribution >= 4 is 15.9 Å². The van der Waals surface area contributed by atoms with Gasteiger partial charge in [-0.3, -0.25) is 0 Å². The van der Waals surface area contributed by atoms with Gasteiger partial charge in [0, 0.05) is 10.0 Å². The highest BCUT2D eigenvalue weighted by molar-refractivity contribution is 9.10. The number of aliphatic hydroxyl groups is 1. The molecule has 1 N–H and O–H groups in total. The number of hydrogen-bond acceptors (Lipinski definition) is 2. The molecule has 0 aliphatic carbocycles. The van der Waals surface area contributed by atoms with Gasteiger partial charge in [0.05, 0.1) is 22.6 Å². The summed E-state index contributed by atoms with van der Waals surface area (Å²) in [6, 6.07) is 14.0. The minimum Gasteiger partial charge on any atom is -0.384 e. The van der Waals surface area contributed by atoms with Crippen LogP contribution in [0.5, 0.6) is 0 Å². The summed E-state index contributed by atoms with van der Waals surface area (Å²) in [5.41, 5.74) is -0.730. The van der Waals surface area contributed by atoms with Crippen molar-refractivity contribution in [3.05, 3.63) is 70.3 Å². The summed E-state index contributed by atoms with van der Waals surface area (Å²) in [6.07, 6.45) is -4.52. The van der Waals surface area contributed by atoms with Crippen LogP contribution in [0.3, 0.4) is 0 Å². The highest BCUT2D eigenvalue weighted by Gasteiger charge is 2.35. The molecule has 136 valence electrons. The van der Waals surface area contributed by atoms with Crippen molar-refractivity contribution < 1.29 is 18.3 Å². The van der Waals surface area contributed by atoms with Crippen molar-refractivity contribution in [2.45, 2.75) is 25.6 Å². The third kappa shape index (κ3) is 3.68. The fourth-order valence-electron chi connectivity index (χ4n) is 2.59. The van der Waals surface area contributed by atoms with Crippen LogP contribution in [-0.4, -0.2) is 14.9 Å². The average Bonchev–Trinajstić information content (AvgIpc) is 3.00. The second-order valence-corrected chi connectivity index (χ2v) is 7.32. The van der Waals surface area contributed by atoms with Gasteiger partial charge in [0.1, 0.15) is 5.60 Å². The van der Waals surface area contributed by atoms with E-state index < -0.39 is 17.3 Å². The maximum atomic E-state index is 13.5. The molecule has 0 bridgehead atoms. The molecule has 0 fully saturated rings. The summed E-state index contributed by atoms with van der Waals surface area (Å²) in [4.78, 5) is 0. The molecular weight excluding hydrogens is 409 g/mol. The lowest BCUT2D eigenvalue weighted by atomic mass is 10.0. The van der Waals surface area contributed by atoms with Gasteiger partial charge in [-0.15, -0.1) is 0 Å². The summed E-state index contributed by atoms with van der Waals surface area (Å²) < 4.78 is 42.5. The molecule has 3 rings (SSSR count). The van der Waals surface area contributed by atoms with Gasteiger partial charge in [0.15, 0.2) is 0 Å². The van der Waals surface area contributed by atoms with Crippen molar-refractivity contribution in [3.63, 3.8) is 0 Å². The standard InChI is InChI=1S/C19H16BrF3N2O/c1-18(2,26)17-11-16(12-7-9-13(20)10-8-12)25(24-17)15-6-4-3-5-14(15)19(21,22)23/h3-11,26H,1-2H3. The summed E-state index contributed by atoms with van der Waals surface area (Å²) in [5.74, 6) is 0. The Morgan fingerprint density at radius 3 is 2.19 bits per heavy atom. The summed E-state index contributed by atoms with van der Waals surface area (Å²) in [5, 5.41) is 14.6. The minimum atomic E-state index is -4.52. The first kappa shape index (κ1) is 18.7. The molecule has 0 saturated carbocycles. The van der Waals surface area contributed by atoms with Crippen molar-refractivity contribution in [3.8, 4) is 16.9 Å². The Morgan fingerprint density at radius 2 is 1.62 bits per heavy atom. The molecular formula is C19H16BrF3N2O. The number of aromatic nitrogens is 2. The Kier molecular flexibility index (Phi) is 4.71. The van der Waals surface area contributed by atoms with Gasteiger partial charge in [-0.1, -0.05) is 40.2 Å². The first-order chi connectivity index (χ1) is 12.1. The number of alkyl halides is 3. The SMILES string of the molecule is CC(C)(O)c1cc(-c2ccc(Br)cc2)n(-c2ccccc2C(F)(F)F)n1. The molecule has 26 heavy (non-hydrogen) atoms. The van der Waals surface area contributed by atoms with Crippen LogP contribution in [0.1, 0.15) is 25.1 Å². The van der Waals surface area contributed by atoms with E-state index in [4.69, 9.17) is 0 Å². The third-order valence-electron chi connectivity index (χ3n) is 3.91. The fourth-order valence-corrected chi connectivity index (χ4v) is 2.85. The monoisotopic (exact) mass is 424 g/mol. The Hall–Kier alpha value is -2.12. The lowest BCUT2D eigenvalue weighted by Crippen LogP contribution is -2.17. The van der Waals surface area contributed by atoms with Crippen LogP contribution in [-0.2, 0) is 11.8 Å². The maximum Gasteiger partial charge on any atom is 0.418 e. The summed E-state index contributed by atoms with van der Waals surface area (Å²) in [7, 11) is 0. The largest absolute Gasteiger partial charge is 0.418 e. The Morgan fingerprint density at radius 1 is 1.00 bits per heavy atom. The Balaban J connectivity index is 2.28. The molecule has 0 amide bonds. The van der Waals surface area contributed by atoms with Crippen LogP contribution in [0.2, 0.25) is 0 Å². The zero-order chi connectivity index (χ0) is 19.1. The predicted molar refractivity (Wildman–Crippen MR) is 96.9 cm³/mol. The van der Waals surface area contributed by atoms with Crippen molar-refractivity contribution in [1.82, 2.24) is 9.78 Å². The molecule has 3 aromatic rings. The summed E-state index contributed by atoms with van der Waals surface area (Å²) in [6.45, 7) is 3.08. The fraction of sp³-hybridized carbons (Fsp3) is 0.211. The van der Waals surface area contributed by atoms with E-state index in [9.17, 15) is 18.3 Å². The molecule has 0 radical (unpaired) electrons. The van der Waals surface area contributed by atoms with Crippen LogP contribution < -0.4 is 0 Å². The molecule has 0 unspecified atom stereocenters. The van der Waals surface area contributed by atoms with E-state index in [1.165, 1.54) is 22.9 Å². The first-order valence-electron chi connectivity index (χ1n) is 7.83. The minimum absolute atomic E-state index is 0.0894. The maximum absolute atomic E-state index is 13.5. The van der Waals surface area contributed by atoms with Crippen molar-refractivity contribution in [1.29, 1.82) is 0 Å². The lowest BCUT2D eigenvalue weighted by molar-refractivity contribution is -0.137. The topological polar surface area (TPSA) is 38.0 Å². The highest BCUT2D eigenvalue weighted by atomic mass is 79.9. The zero-order valence-corrected chi connectivity index (χ0v) is 15.6. The molecule has 3 nitrogen and oxygen atoms in total. The van der Waals surface area contributed by atoms with E-state index in [0.29, 0.717) is 11.3 Å². The molecule has 0 aliphatic rings. The number of hydrogen-bond donors (Lipinski definition) is 1. The molecule has 7 heteroatoms. The number of rotatable bonds is 3. The van der Waals surface area contributed by atoms with Crippen molar-refractivity contribution in [2.75, 3.05) is 0 Å². The third-order valence-corrected chi connectivity index (χ3v) is 4.44. The van der Waals surface area contributed by atoms with Crippen LogP contribution >= 0.6 is 15.9 Å². The van der Waals surface area contributed by atoms with E-state index in [2.05, 4.69) is 21.0 Å². The Bertz CT molecular complexity index is 925. The quantitative estimate of drug-likeness (QED) is 0.598. The number of para-hydroxylation sites is 1. The molecule has 1 heterocycles. The molecule has 1 aromatic heterocycles. The predicted octanol–water partition coefficient (Wildman–Crippen LogP) is 5.55. The Labute approximate surface area is 157 Å². The van der Waals surface area contributed by atoms with Gasteiger partial charge in [-0.25, -0.2) is 4.68 Å². The van der Waals surface area contributed by atoms with Gasteiger partial charge >= 0.3 is 6.18 Å².